The topological polar surface area (TPSA) is 84.2 Å². The van der Waals surface area contributed by atoms with Crippen molar-refractivity contribution in [2.75, 3.05) is 11.9 Å². The first-order valence-corrected chi connectivity index (χ1v) is 8.82. The van der Waals surface area contributed by atoms with Crippen LogP contribution in [0, 0.1) is 18.6 Å². The Morgan fingerprint density at radius 2 is 2.00 bits per heavy atom. The number of thiophene rings is 1. The average molecular weight is 391 g/mol. The molecule has 0 radical (unpaired) electrons. The summed E-state index contributed by atoms with van der Waals surface area (Å²) in [6.07, 6.45) is -0.0425. The second-order valence-corrected chi connectivity index (χ2v) is 6.58. The van der Waals surface area contributed by atoms with Crippen LogP contribution < -0.4 is 10.6 Å². The van der Waals surface area contributed by atoms with E-state index in [2.05, 4.69) is 15.6 Å². The van der Waals surface area contributed by atoms with Crippen LogP contribution in [0.5, 0.6) is 0 Å². The quantitative estimate of drug-likeness (QED) is 0.675. The number of anilines is 1. The molecule has 2 heterocycles. The van der Waals surface area contributed by atoms with Gasteiger partial charge in [-0.2, -0.15) is 0 Å². The van der Waals surface area contributed by atoms with Gasteiger partial charge in [-0.15, -0.1) is 11.3 Å². The van der Waals surface area contributed by atoms with Gasteiger partial charge in [0.25, 0.3) is 0 Å². The van der Waals surface area contributed by atoms with Gasteiger partial charge >= 0.3 is 0 Å². The first-order chi connectivity index (χ1) is 12.9. The molecule has 27 heavy (non-hydrogen) atoms. The van der Waals surface area contributed by atoms with E-state index in [9.17, 15) is 18.4 Å². The first kappa shape index (κ1) is 18.7. The number of halogens is 2. The zero-order valence-electron chi connectivity index (χ0n) is 14.2. The highest BCUT2D eigenvalue weighted by atomic mass is 32.1. The van der Waals surface area contributed by atoms with Crippen LogP contribution in [0.4, 0.5) is 14.5 Å². The summed E-state index contributed by atoms with van der Waals surface area (Å²) in [6.45, 7) is 1.40. The average Bonchev–Trinajstić information content (AvgIpc) is 3.27. The number of amides is 2. The summed E-state index contributed by atoms with van der Waals surface area (Å²) < 4.78 is 31.5. The Kier molecular flexibility index (Phi) is 5.60. The highest BCUT2D eigenvalue weighted by Gasteiger charge is 2.16. The molecule has 2 amide bonds. The molecule has 3 aromatic rings. The summed E-state index contributed by atoms with van der Waals surface area (Å²) in [6, 6.07) is 6.73. The van der Waals surface area contributed by atoms with Crippen LogP contribution in [0.3, 0.4) is 0 Å². The second-order valence-electron chi connectivity index (χ2n) is 5.63. The molecule has 0 bridgehead atoms. The summed E-state index contributed by atoms with van der Waals surface area (Å²) in [7, 11) is 0. The van der Waals surface area contributed by atoms with Gasteiger partial charge in [-0.3, -0.25) is 9.59 Å². The van der Waals surface area contributed by atoms with Crippen molar-refractivity contribution in [3.05, 3.63) is 58.8 Å². The molecule has 0 aliphatic heterocycles. The summed E-state index contributed by atoms with van der Waals surface area (Å²) >= 11 is 1.47. The van der Waals surface area contributed by atoms with Crippen LogP contribution >= 0.6 is 11.3 Å². The van der Waals surface area contributed by atoms with E-state index >= 15 is 0 Å². The number of oxazole rings is 1. The Morgan fingerprint density at radius 1 is 1.19 bits per heavy atom. The molecule has 0 atom stereocenters. The summed E-state index contributed by atoms with van der Waals surface area (Å²) in [4.78, 5) is 29.0. The predicted octanol–water partition coefficient (Wildman–Crippen LogP) is 3.29. The van der Waals surface area contributed by atoms with Crippen molar-refractivity contribution in [3.8, 4) is 10.8 Å². The number of nitrogens with one attached hydrogen (secondary N) is 2. The Labute approximate surface area is 157 Å². The molecule has 3 rings (SSSR count). The van der Waals surface area contributed by atoms with E-state index in [0.717, 1.165) is 17.0 Å². The van der Waals surface area contributed by atoms with E-state index < -0.39 is 23.4 Å². The molecule has 0 saturated carbocycles. The number of rotatable bonds is 6. The van der Waals surface area contributed by atoms with E-state index in [1.54, 1.807) is 6.92 Å². The number of benzene rings is 1. The third-order valence-electron chi connectivity index (χ3n) is 3.60. The molecule has 0 spiro atoms. The molecular weight excluding hydrogens is 376 g/mol. The van der Waals surface area contributed by atoms with Crippen molar-refractivity contribution in [3.63, 3.8) is 0 Å². The molecule has 1 aromatic carbocycles. The largest absolute Gasteiger partial charge is 0.440 e. The first-order valence-electron chi connectivity index (χ1n) is 7.94. The summed E-state index contributed by atoms with van der Waals surface area (Å²) in [5, 5.41) is 6.72. The van der Waals surface area contributed by atoms with Crippen molar-refractivity contribution < 1.29 is 22.8 Å². The van der Waals surface area contributed by atoms with E-state index in [1.807, 2.05) is 17.5 Å². The highest BCUT2D eigenvalue weighted by molar-refractivity contribution is 7.13. The molecule has 2 aromatic heterocycles. The van der Waals surface area contributed by atoms with Crippen LogP contribution in [0.1, 0.15) is 11.5 Å². The van der Waals surface area contributed by atoms with Crippen LogP contribution in [0.15, 0.2) is 40.1 Å². The van der Waals surface area contributed by atoms with E-state index in [-0.39, 0.29) is 18.7 Å². The molecule has 0 aliphatic carbocycles. The standard InChI is InChI=1S/C18H15F2N3O3S/c1-10-14(23-18(26-10)15-3-2-6-27-15)8-16(24)21-9-17(25)22-11-4-5-12(19)13(20)7-11/h2-7H,8-9H2,1H3,(H,21,24)(H,22,25). The lowest BCUT2D eigenvalue weighted by atomic mass is 10.2. The minimum atomic E-state index is -1.07. The fourth-order valence-corrected chi connectivity index (χ4v) is 2.92. The van der Waals surface area contributed by atoms with Crippen molar-refractivity contribution >= 4 is 28.8 Å². The normalized spacial score (nSPS) is 10.6. The molecule has 0 aliphatic rings. The van der Waals surface area contributed by atoms with Gasteiger partial charge < -0.3 is 15.1 Å². The minimum Gasteiger partial charge on any atom is -0.440 e. The predicted molar refractivity (Wildman–Crippen MR) is 96.3 cm³/mol. The van der Waals surface area contributed by atoms with Crippen LogP contribution in [0.25, 0.3) is 10.8 Å². The van der Waals surface area contributed by atoms with Gasteiger partial charge in [-0.05, 0) is 30.5 Å². The Bertz CT molecular complexity index is 970. The van der Waals surface area contributed by atoms with Crippen molar-refractivity contribution in [2.24, 2.45) is 0 Å². The number of carbonyl (C=O) groups excluding carboxylic acids is 2. The van der Waals surface area contributed by atoms with Crippen LogP contribution in [-0.2, 0) is 16.0 Å². The molecule has 0 fully saturated rings. The van der Waals surface area contributed by atoms with Gasteiger partial charge in [0.2, 0.25) is 17.7 Å². The third kappa shape index (κ3) is 4.76. The zero-order chi connectivity index (χ0) is 19.4. The lowest BCUT2D eigenvalue weighted by Crippen LogP contribution is -2.34. The highest BCUT2D eigenvalue weighted by Crippen LogP contribution is 2.26. The lowest BCUT2D eigenvalue weighted by Gasteiger charge is -2.07. The molecule has 0 unspecified atom stereocenters. The maximum atomic E-state index is 13.1. The van der Waals surface area contributed by atoms with Gasteiger partial charge in [0.05, 0.1) is 23.5 Å². The van der Waals surface area contributed by atoms with Crippen molar-refractivity contribution in [1.82, 2.24) is 10.3 Å². The Hall–Kier alpha value is -3.07. The fraction of sp³-hybridized carbons (Fsp3) is 0.167. The smallest absolute Gasteiger partial charge is 0.243 e. The zero-order valence-corrected chi connectivity index (χ0v) is 15.0. The van der Waals surface area contributed by atoms with Crippen LogP contribution in [-0.4, -0.2) is 23.3 Å². The van der Waals surface area contributed by atoms with Gasteiger partial charge in [-0.1, -0.05) is 6.07 Å². The van der Waals surface area contributed by atoms with Crippen molar-refractivity contribution in [1.29, 1.82) is 0 Å². The monoisotopic (exact) mass is 391 g/mol. The molecule has 140 valence electrons. The maximum Gasteiger partial charge on any atom is 0.243 e. The molecule has 6 nitrogen and oxygen atoms in total. The summed E-state index contributed by atoms with van der Waals surface area (Å²) in [5.41, 5.74) is 0.581. The van der Waals surface area contributed by atoms with E-state index in [1.165, 1.54) is 17.4 Å². The third-order valence-corrected chi connectivity index (χ3v) is 4.46. The minimum absolute atomic E-state index is 0.0425. The number of hydrogen-bond donors (Lipinski definition) is 2. The number of aryl methyl sites for hydroxylation is 1. The SMILES string of the molecule is Cc1oc(-c2cccs2)nc1CC(=O)NCC(=O)Nc1ccc(F)c(F)c1. The van der Waals surface area contributed by atoms with Gasteiger partial charge in [0.15, 0.2) is 11.6 Å². The Balaban J connectivity index is 1.52. The second kappa shape index (κ2) is 8.09. The summed E-state index contributed by atoms with van der Waals surface area (Å²) in [5.74, 6) is -2.08. The molecular formula is C18H15F2N3O3S. The lowest BCUT2D eigenvalue weighted by molar-refractivity contribution is -0.123. The van der Waals surface area contributed by atoms with E-state index in [0.29, 0.717) is 17.3 Å². The van der Waals surface area contributed by atoms with E-state index in [4.69, 9.17) is 4.42 Å². The molecule has 0 saturated heterocycles. The van der Waals surface area contributed by atoms with Gasteiger partial charge in [0, 0.05) is 11.8 Å². The number of carbonyl (C=O) groups is 2. The maximum absolute atomic E-state index is 13.1. The number of hydrogen-bond acceptors (Lipinski definition) is 5. The Morgan fingerprint density at radius 3 is 2.70 bits per heavy atom. The van der Waals surface area contributed by atoms with Gasteiger partial charge in [0.1, 0.15) is 5.76 Å². The van der Waals surface area contributed by atoms with Crippen molar-refractivity contribution in [2.45, 2.75) is 13.3 Å². The number of nitrogens with zero attached hydrogens (tertiary/aromatic N) is 1. The molecule has 9 heteroatoms. The fourth-order valence-electron chi connectivity index (χ4n) is 2.27. The molecule has 2 N–H and O–H groups in total. The number of aromatic nitrogens is 1. The van der Waals surface area contributed by atoms with Crippen LogP contribution in [0.2, 0.25) is 0 Å². The van der Waals surface area contributed by atoms with Gasteiger partial charge in [-0.25, -0.2) is 13.8 Å².